The maximum absolute atomic E-state index is 11.0. The molecule has 72 valence electrons. The van der Waals surface area contributed by atoms with Crippen LogP contribution in [0.5, 0.6) is 0 Å². The first-order valence-corrected chi connectivity index (χ1v) is 5.71. The predicted octanol–water partition coefficient (Wildman–Crippen LogP) is -0.427. The molecule has 1 N–H and O–H groups in total. The fourth-order valence-corrected chi connectivity index (χ4v) is 2.92. The Morgan fingerprint density at radius 1 is 1.42 bits per heavy atom. The number of hydrogen-bond acceptors (Lipinski definition) is 4. The summed E-state index contributed by atoms with van der Waals surface area (Å²) in [6.45, 7) is 0.225. The molecule has 5 heteroatoms. The molecule has 0 radical (unpaired) electrons. The second kappa shape index (κ2) is 3.32. The van der Waals surface area contributed by atoms with Crippen molar-refractivity contribution in [2.75, 3.05) is 25.2 Å². The molecule has 0 amide bonds. The summed E-state index contributed by atoms with van der Waals surface area (Å²) in [6.07, 6.45) is 0.590. The topological polar surface area (TPSA) is 63.6 Å². The Hall–Kier alpha value is -0.130. The van der Waals surface area contributed by atoms with Crippen LogP contribution in [0.3, 0.4) is 0 Å². The smallest absolute Gasteiger partial charge is 0.150 e. The first-order chi connectivity index (χ1) is 5.47. The van der Waals surface area contributed by atoms with Gasteiger partial charge >= 0.3 is 0 Å². The van der Waals surface area contributed by atoms with Crippen molar-refractivity contribution in [1.29, 1.82) is 0 Å². The molecule has 1 saturated heterocycles. The number of hydrogen-bond donors (Lipinski definition) is 1. The molecule has 4 nitrogen and oxygen atoms in total. The lowest BCUT2D eigenvalue weighted by atomic mass is 9.98. The van der Waals surface area contributed by atoms with Crippen molar-refractivity contribution in [1.82, 2.24) is 0 Å². The normalized spacial score (nSPS) is 26.8. The minimum atomic E-state index is -2.89. The fraction of sp³-hybridized carbons (Fsp3) is 1.00. The molecule has 12 heavy (non-hydrogen) atoms. The van der Waals surface area contributed by atoms with Gasteiger partial charge in [-0.05, 0) is 12.8 Å². The van der Waals surface area contributed by atoms with Crippen LogP contribution in [0.15, 0.2) is 0 Å². The maximum Gasteiger partial charge on any atom is 0.150 e. The largest absolute Gasteiger partial charge is 0.387 e. The van der Waals surface area contributed by atoms with E-state index >= 15 is 0 Å². The van der Waals surface area contributed by atoms with Crippen molar-refractivity contribution >= 4 is 9.84 Å². The van der Waals surface area contributed by atoms with E-state index in [9.17, 15) is 13.5 Å². The highest BCUT2D eigenvalue weighted by molar-refractivity contribution is 7.91. The number of aliphatic hydroxyl groups is 1. The Morgan fingerprint density at radius 2 is 1.92 bits per heavy atom. The summed E-state index contributed by atoms with van der Waals surface area (Å²) < 4.78 is 26.8. The van der Waals surface area contributed by atoms with Gasteiger partial charge in [0.25, 0.3) is 0 Å². The summed E-state index contributed by atoms with van der Waals surface area (Å²) in [5.74, 6) is 0.152. The van der Waals surface area contributed by atoms with Gasteiger partial charge in [-0.25, -0.2) is 8.42 Å². The molecular weight excluding hydrogens is 180 g/mol. The van der Waals surface area contributed by atoms with Gasteiger partial charge in [-0.15, -0.1) is 0 Å². The zero-order valence-corrected chi connectivity index (χ0v) is 7.93. The van der Waals surface area contributed by atoms with Crippen molar-refractivity contribution in [2.45, 2.75) is 18.4 Å². The van der Waals surface area contributed by atoms with E-state index in [1.165, 1.54) is 7.11 Å². The quantitative estimate of drug-likeness (QED) is 0.648. The van der Waals surface area contributed by atoms with E-state index in [2.05, 4.69) is 0 Å². The Labute approximate surface area is 72.5 Å². The molecule has 1 aliphatic rings. The lowest BCUT2D eigenvalue weighted by Crippen LogP contribution is -2.42. The van der Waals surface area contributed by atoms with Gasteiger partial charge in [-0.1, -0.05) is 0 Å². The van der Waals surface area contributed by atoms with Crippen molar-refractivity contribution in [3.8, 4) is 0 Å². The third kappa shape index (κ3) is 2.43. The molecule has 0 atom stereocenters. The van der Waals surface area contributed by atoms with Gasteiger partial charge in [-0.3, -0.25) is 0 Å². The molecule has 1 fully saturated rings. The van der Waals surface area contributed by atoms with Crippen molar-refractivity contribution in [2.24, 2.45) is 0 Å². The SMILES string of the molecule is COCC1(O)CCS(=O)(=O)CC1. The van der Waals surface area contributed by atoms with E-state index in [0.29, 0.717) is 12.8 Å². The highest BCUT2D eigenvalue weighted by Gasteiger charge is 2.35. The minimum absolute atomic E-state index is 0.0762. The molecule has 0 aromatic rings. The molecule has 0 aromatic heterocycles. The number of methoxy groups -OCH3 is 1. The standard InChI is InChI=1S/C7H14O4S/c1-11-6-7(8)2-4-12(9,10)5-3-7/h8H,2-6H2,1H3. The van der Waals surface area contributed by atoms with Gasteiger partial charge < -0.3 is 9.84 Å². The van der Waals surface area contributed by atoms with Crippen molar-refractivity contribution < 1.29 is 18.3 Å². The third-order valence-corrected chi connectivity index (χ3v) is 3.82. The van der Waals surface area contributed by atoms with Crippen LogP contribution in [0, 0.1) is 0 Å². The van der Waals surface area contributed by atoms with Gasteiger partial charge in [0.2, 0.25) is 0 Å². The highest BCUT2D eigenvalue weighted by Crippen LogP contribution is 2.23. The summed E-state index contributed by atoms with van der Waals surface area (Å²) in [7, 11) is -1.39. The summed E-state index contributed by atoms with van der Waals surface area (Å²) in [5.41, 5.74) is -0.917. The Balaban J connectivity index is 2.55. The summed E-state index contributed by atoms with van der Waals surface area (Å²) in [6, 6.07) is 0. The van der Waals surface area contributed by atoms with Gasteiger partial charge in [0.1, 0.15) is 0 Å². The lowest BCUT2D eigenvalue weighted by molar-refractivity contribution is -0.0375. The van der Waals surface area contributed by atoms with Crippen LogP contribution in [0.25, 0.3) is 0 Å². The van der Waals surface area contributed by atoms with Crippen molar-refractivity contribution in [3.63, 3.8) is 0 Å². The third-order valence-electron chi connectivity index (χ3n) is 2.17. The molecule has 0 aromatic carbocycles. The second-order valence-corrected chi connectivity index (χ2v) is 5.61. The van der Waals surface area contributed by atoms with Gasteiger partial charge in [-0.2, -0.15) is 0 Å². The molecular formula is C7H14O4S. The second-order valence-electron chi connectivity index (χ2n) is 3.31. The molecule has 0 unspecified atom stereocenters. The molecule has 0 bridgehead atoms. The molecule has 0 aliphatic carbocycles. The predicted molar refractivity (Wildman–Crippen MR) is 44.7 cm³/mol. The first kappa shape index (κ1) is 9.95. The monoisotopic (exact) mass is 194 g/mol. The summed E-state index contributed by atoms with van der Waals surface area (Å²) in [4.78, 5) is 0. The Bertz CT molecular complexity index is 230. The number of sulfone groups is 1. The number of rotatable bonds is 2. The van der Waals surface area contributed by atoms with Gasteiger partial charge in [0.05, 0.1) is 23.7 Å². The molecule has 1 rings (SSSR count). The van der Waals surface area contributed by atoms with Crippen LogP contribution in [0.1, 0.15) is 12.8 Å². The van der Waals surface area contributed by atoms with Crippen LogP contribution in [-0.2, 0) is 14.6 Å². The van der Waals surface area contributed by atoms with Crippen LogP contribution in [0.2, 0.25) is 0 Å². The van der Waals surface area contributed by atoms with Crippen LogP contribution >= 0.6 is 0 Å². The molecule has 1 heterocycles. The molecule has 0 saturated carbocycles. The maximum atomic E-state index is 11.0. The summed E-state index contributed by atoms with van der Waals surface area (Å²) in [5, 5.41) is 9.71. The lowest BCUT2D eigenvalue weighted by Gasteiger charge is -2.30. The zero-order valence-electron chi connectivity index (χ0n) is 7.12. The van der Waals surface area contributed by atoms with Crippen LogP contribution in [-0.4, -0.2) is 44.3 Å². The van der Waals surface area contributed by atoms with Gasteiger partial charge in [0, 0.05) is 7.11 Å². The van der Waals surface area contributed by atoms with E-state index < -0.39 is 15.4 Å². The van der Waals surface area contributed by atoms with E-state index in [1.807, 2.05) is 0 Å². The van der Waals surface area contributed by atoms with Crippen LogP contribution < -0.4 is 0 Å². The van der Waals surface area contributed by atoms with E-state index in [1.54, 1.807) is 0 Å². The minimum Gasteiger partial charge on any atom is -0.387 e. The molecule has 1 aliphatic heterocycles. The fourth-order valence-electron chi connectivity index (χ4n) is 1.33. The van der Waals surface area contributed by atoms with E-state index in [0.717, 1.165) is 0 Å². The number of ether oxygens (including phenoxy) is 1. The Kier molecular flexibility index (Phi) is 2.75. The van der Waals surface area contributed by atoms with E-state index in [4.69, 9.17) is 4.74 Å². The Morgan fingerprint density at radius 3 is 2.33 bits per heavy atom. The van der Waals surface area contributed by atoms with Crippen molar-refractivity contribution in [3.05, 3.63) is 0 Å². The average Bonchev–Trinajstić information content (AvgIpc) is 1.98. The van der Waals surface area contributed by atoms with E-state index in [-0.39, 0.29) is 18.1 Å². The molecule has 0 spiro atoms. The van der Waals surface area contributed by atoms with Gasteiger partial charge in [0.15, 0.2) is 9.84 Å². The zero-order chi connectivity index (χ0) is 9.24. The first-order valence-electron chi connectivity index (χ1n) is 3.89. The van der Waals surface area contributed by atoms with Crippen LogP contribution in [0.4, 0.5) is 0 Å². The highest BCUT2D eigenvalue weighted by atomic mass is 32.2. The average molecular weight is 194 g/mol. The summed E-state index contributed by atoms with van der Waals surface area (Å²) >= 11 is 0.